The average Bonchev–Trinajstić information content (AvgIpc) is 2.97. The highest BCUT2D eigenvalue weighted by molar-refractivity contribution is 5.88. The van der Waals surface area contributed by atoms with Crippen LogP contribution >= 0.6 is 0 Å². The number of phenolic OH excluding ortho intramolecular Hbond substituents is 4. The summed E-state index contributed by atoms with van der Waals surface area (Å²) in [6.45, 7) is -0.583. The summed E-state index contributed by atoms with van der Waals surface area (Å²) >= 11 is 0. The molecule has 1 fully saturated rings. The van der Waals surface area contributed by atoms with Crippen LogP contribution in [0.3, 0.4) is 0 Å². The van der Waals surface area contributed by atoms with Crippen LogP contribution in [-0.2, 0) is 14.3 Å². The first kappa shape index (κ1) is 29.4. The van der Waals surface area contributed by atoms with E-state index >= 15 is 0 Å². The molecule has 0 saturated carbocycles. The largest absolute Gasteiger partial charge is 0.508 e. The fourth-order valence-electron chi connectivity index (χ4n) is 4.41. The lowest BCUT2D eigenvalue weighted by Crippen LogP contribution is -2.60. The summed E-state index contributed by atoms with van der Waals surface area (Å²) in [6.07, 6.45) is -6.17. The standard InChI is InChI=1S/C30H26O13/c31-16-6-1-14(2-7-16)3-10-22(35)40-13-21-24(36)26(38)27(39)30(42-21)43-29-25(37)23-19(34)11-18(33)12-20(23)41-28(29)15-4-8-17(32)9-5-15/h1-12,21,24,26-27,30-34,36,38-39H,13H2/b10-3+/t21-,24-,26?,27?,30+/m1/s1. The van der Waals surface area contributed by atoms with Gasteiger partial charge in [0.05, 0.1) is 0 Å². The molecule has 0 spiro atoms. The topological polar surface area (TPSA) is 217 Å². The van der Waals surface area contributed by atoms with Crippen molar-refractivity contribution < 1.29 is 59.2 Å². The molecule has 13 nitrogen and oxygen atoms in total. The van der Waals surface area contributed by atoms with Gasteiger partial charge in [-0.15, -0.1) is 0 Å². The third kappa shape index (κ3) is 6.24. The molecule has 1 saturated heterocycles. The Morgan fingerprint density at radius 2 is 1.49 bits per heavy atom. The van der Waals surface area contributed by atoms with Crippen molar-refractivity contribution in [2.75, 3.05) is 6.61 Å². The Bertz CT molecular complexity index is 1710. The number of esters is 1. The van der Waals surface area contributed by atoms with Crippen LogP contribution in [-0.4, -0.2) is 79.0 Å². The van der Waals surface area contributed by atoms with Crippen LogP contribution in [0.2, 0.25) is 0 Å². The van der Waals surface area contributed by atoms with E-state index in [2.05, 4.69) is 0 Å². The molecule has 4 aromatic rings. The van der Waals surface area contributed by atoms with Crippen LogP contribution in [0, 0.1) is 0 Å². The molecule has 0 radical (unpaired) electrons. The van der Waals surface area contributed by atoms with Gasteiger partial charge in [0.15, 0.2) is 5.76 Å². The Kier molecular flexibility index (Phi) is 8.23. The van der Waals surface area contributed by atoms with Crippen molar-refractivity contribution in [3.8, 4) is 40.1 Å². The molecule has 5 atom stereocenters. The molecule has 0 amide bonds. The van der Waals surface area contributed by atoms with E-state index < -0.39 is 66.0 Å². The van der Waals surface area contributed by atoms with E-state index in [-0.39, 0.29) is 33.8 Å². The highest BCUT2D eigenvalue weighted by atomic mass is 16.7. The highest BCUT2D eigenvalue weighted by Gasteiger charge is 2.46. The van der Waals surface area contributed by atoms with E-state index in [0.29, 0.717) is 5.56 Å². The van der Waals surface area contributed by atoms with Gasteiger partial charge in [-0.25, -0.2) is 4.79 Å². The van der Waals surface area contributed by atoms with Crippen LogP contribution in [0.15, 0.2) is 76.0 Å². The zero-order valence-corrected chi connectivity index (χ0v) is 22.1. The summed E-state index contributed by atoms with van der Waals surface area (Å²) in [5, 5.41) is 70.6. The van der Waals surface area contributed by atoms with Gasteiger partial charge in [0, 0.05) is 23.8 Å². The second-order valence-electron chi connectivity index (χ2n) is 9.66. The van der Waals surface area contributed by atoms with E-state index in [1.54, 1.807) is 12.1 Å². The third-order valence-corrected chi connectivity index (χ3v) is 6.64. The molecule has 2 unspecified atom stereocenters. The van der Waals surface area contributed by atoms with Crippen LogP contribution in [0.4, 0.5) is 0 Å². The van der Waals surface area contributed by atoms with Gasteiger partial charge in [-0.3, -0.25) is 4.79 Å². The molecule has 224 valence electrons. The molecule has 0 bridgehead atoms. The second-order valence-corrected chi connectivity index (χ2v) is 9.66. The Morgan fingerprint density at radius 1 is 0.837 bits per heavy atom. The lowest BCUT2D eigenvalue weighted by Gasteiger charge is -2.39. The van der Waals surface area contributed by atoms with Gasteiger partial charge in [-0.05, 0) is 48.0 Å². The molecule has 1 aromatic heterocycles. The molecule has 7 N–H and O–H groups in total. The molecule has 13 heteroatoms. The second kappa shape index (κ2) is 12.0. The van der Waals surface area contributed by atoms with Gasteiger partial charge in [-0.2, -0.15) is 0 Å². The number of carbonyl (C=O) groups excluding carboxylic acids is 1. The first-order valence-corrected chi connectivity index (χ1v) is 12.8. The number of phenols is 4. The third-order valence-electron chi connectivity index (χ3n) is 6.64. The van der Waals surface area contributed by atoms with Crippen molar-refractivity contribution in [3.05, 3.63) is 82.5 Å². The van der Waals surface area contributed by atoms with Crippen molar-refractivity contribution in [2.24, 2.45) is 0 Å². The van der Waals surface area contributed by atoms with E-state index in [9.17, 15) is 45.3 Å². The van der Waals surface area contributed by atoms with E-state index in [1.807, 2.05) is 0 Å². The van der Waals surface area contributed by atoms with Crippen LogP contribution in [0.5, 0.6) is 28.7 Å². The smallest absolute Gasteiger partial charge is 0.330 e. The SMILES string of the molecule is O=C(/C=C/c1ccc(O)cc1)OC[C@H]1O[C@@H](Oc2c(-c3ccc(O)cc3)oc3cc(O)cc(O)c3c2=O)C(O)C(O)[C@@H]1O. The number of aliphatic hydroxyl groups excluding tert-OH is 3. The minimum absolute atomic E-state index is 0.0495. The number of benzene rings is 3. The van der Waals surface area contributed by atoms with Gasteiger partial charge in [0.2, 0.25) is 17.5 Å². The number of aliphatic hydroxyl groups is 3. The molecule has 0 aliphatic carbocycles. The summed E-state index contributed by atoms with van der Waals surface area (Å²) in [6, 6.07) is 13.4. The van der Waals surface area contributed by atoms with Crippen molar-refractivity contribution in [1.82, 2.24) is 0 Å². The number of ether oxygens (including phenoxy) is 3. The Labute approximate surface area is 242 Å². The van der Waals surface area contributed by atoms with E-state index in [4.69, 9.17) is 18.6 Å². The van der Waals surface area contributed by atoms with Gasteiger partial charge >= 0.3 is 5.97 Å². The minimum atomic E-state index is -1.90. The summed E-state index contributed by atoms with van der Waals surface area (Å²) < 4.78 is 22.2. The molecule has 3 aromatic carbocycles. The quantitative estimate of drug-likeness (QED) is 0.120. The number of aromatic hydroxyl groups is 4. The van der Waals surface area contributed by atoms with Gasteiger partial charge in [-0.1, -0.05) is 12.1 Å². The molecule has 1 aliphatic rings. The predicted molar refractivity (Wildman–Crippen MR) is 148 cm³/mol. The molecule has 43 heavy (non-hydrogen) atoms. The summed E-state index contributed by atoms with van der Waals surface area (Å²) in [5.41, 5.74) is -0.328. The Morgan fingerprint density at radius 3 is 2.16 bits per heavy atom. The van der Waals surface area contributed by atoms with E-state index in [1.165, 1.54) is 42.5 Å². The zero-order chi connectivity index (χ0) is 30.8. The summed E-state index contributed by atoms with van der Waals surface area (Å²) in [5.74, 6) is -2.70. The summed E-state index contributed by atoms with van der Waals surface area (Å²) in [7, 11) is 0. The maximum absolute atomic E-state index is 13.5. The normalized spacial score (nSPS) is 22.1. The summed E-state index contributed by atoms with van der Waals surface area (Å²) in [4.78, 5) is 25.8. The number of hydrogen-bond donors (Lipinski definition) is 7. The lowest BCUT2D eigenvalue weighted by molar-refractivity contribution is -0.278. The molecule has 2 heterocycles. The Balaban J connectivity index is 1.42. The lowest BCUT2D eigenvalue weighted by atomic mass is 9.99. The monoisotopic (exact) mass is 594 g/mol. The predicted octanol–water partition coefficient (Wildman–Crippen LogP) is 1.73. The van der Waals surface area contributed by atoms with Crippen LogP contribution in [0.1, 0.15) is 5.56 Å². The molecular formula is C30H26O13. The van der Waals surface area contributed by atoms with Crippen molar-refractivity contribution in [3.63, 3.8) is 0 Å². The fourth-order valence-corrected chi connectivity index (χ4v) is 4.41. The number of rotatable bonds is 7. The first-order valence-electron chi connectivity index (χ1n) is 12.8. The Hall–Kier alpha value is -5.08. The zero-order valence-electron chi connectivity index (χ0n) is 22.1. The van der Waals surface area contributed by atoms with Crippen molar-refractivity contribution in [1.29, 1.82) is 0 Å². The van der Waals surface area contributed by atoms with Gasteiger partial charge in [0.1, 0.15) is 65.0 Å². The maximum atomic E-state index is 13.5. The molecule has 5 rings (SSSR count). The molecular weight excluding hydrogens is 568 g/mol. The fraction of sp³-hybridized carbons (Fsp3) is 0.200. The van der Waals surface area contributed by atoms with Gasteiger partial charge in [0.25, 0.3) is 0 Å². The van der Waals surface area contributed by atoms with Crippen molar-refractivity contribution in [2.45, 2.75) is 30.7 Å². The highest BCUT2D eigenvalue weighted by Crippen LogP contribution is 2.37. The van der Waals surface area contributed by atoms with Crippen LogP contribution < -0.4 is 10.2 Å². The van der Waals surface area contributed by atoms with Crippen LogP contribution in [0.25, 0.3) is 28.4 Å². The van der Waals surface area contributed by atoms with E-state index in [0.717, 1.165) is 18.2 Å². The molecule has 1 aliphatic heterocycles. The first-order chi connectivity index (χ1) is 20.5. The van der Waals surface area contributed by atoms with Crippen molar-refractivity contribution >= 4 is 23.0 Å². The number of carbonyl (C=O) groups is 1. The maximum Gasteiger partial charge on any atom is 0.330 e. The average molecular weight is 595 g/mol. The number of hydrogen-bond acceptors (Lipinski definition) is 13. The van der Waals surface area contributed by atoms with Gasteiger partial charge < -0.3 is 54.4 Å². The number of fused-ring (bicyclic) bond motifs is 1. The minimum Gasteiger partial charge on any atom is -0.508 e.